The van der Waals surface area contributed by atoms with Crippen LogP contribution in [-0.2, 0) is 0 Å². The van der Waals surface area contributed by atoms with Crippen molar-refractivity contribution in [3.63, 3.8) is 0 Å². The van der Waals surface area contributed by atoms with Crippen molar-refractivity contribution in [2.45, 2.75) is 71.2 Å². The molecule has 1 saturated carbocycles. The van der Waals surface area contributed by atoms with E-state index in [0.717, 1.165) is 29.5 Å². The number of nitrogens with one attached hydrogen (secondary N) is 6. The van der Waals surface area contributed by atoms with E-state index in [1.54, 1.807) is 19.1 Å². The molecular formula is C37H43ClN6O6. The minimum absolute atomic E-state index is 0.115. The van der Waals surface area contributed by atoms with Crippen molar-refractivity contribution >= 4 is 35.2 Å². The number of aromatic amines is 2. The van der Waals surface area contributed by atoms with Crippen LogP contribution in [0.4, 0.5) is 0 Å². The quantitative estimate of drug-likeness (QED) is 0.0920. The highest BCUT2D eigenvalue weighted by Gasteiger charge is 2.27. The van der Waals surface area contributed by atoms with Gasteiger partial charge in [0.1, 0.15) is 35.0 Å². The number of hydrogen-bond donors (Lipinski definition) is 6. The lowest BCUT2D eigenvalue weighted by atomic mass is 10.1. The number of rotatable bonds is 15. The molecule has 1 aliphatic carbocycles. The molecule has 2 aromatic carbocycles. The smallest absolute Gasteiger partial charge is 0.271 e. The second kappa shape index (κ2) is 16.0. The van der Waals surface area contributed by atoms with E-state index in [4.69, 9.17) is 21.1 Å². The van der Waals surface area contributed by atoms with Crippen LogP contribution in [0.2, 0.25) is 5.02 Å². The van der Waals surface area contributed by atoms with E-state index in [1.165, 1.54) is 19.2 Å². The number of hydrogen-bond acceptors (Lipinski definition) is 6. The van der Waals surface area contributed by atoms with Crippen LogP contribution in [-0.4, -0.2) is 59.3 Å². The fourth-order valence-electron chi connectivity index (χ4n) is 5.21. The highest BCUT2D eigenvalue weighted by Crippen LogP contribution is 2.29. The van der Waals surface area contributed by atoms with Gasteiger partial charge in [0.25, 0.3) is 23.6 Å². The van der Waals surface area contributed by atoms with Crippen LogP contribution in [0.3, 0.4) is 0 Å². The first-order chi connectivity index (χ1) is 23.9. The molecule has 0 aliphatic heterocycles. The Morgan fingerprint density at radius 3 is 1.84 bits per heavy atom. The summed E-state index contributed by atoms with van der Waals surface area (Å²) in [4.78, 5) is 57.7. The van der Waals surface area contributed by atoms with Gasteiger partial charge in [-0.3, -0.25) is 19.2 Å². The van der Waals surface area contributed by atoms with Crippen LogP contribution in [0.1, 0.15) is 111 Å². The lowest BCUT2D eigenvalue weighted by Crippen LogP contribution is -2.36. The summed E-state index contributed by atoms with van der Waals surface area (Å²) in [5.41, 5.74) is 3.52. The summed E-state index contributed by atoms with van der Waals surface area (Å²) in [5.74, 6) is -1.14. The molecule has 12 nitrogen and oxygen atoms in total. The van der Waals surface area contributed by atoms with E-state index in [9.17, 15) is 19.2 Å². The lowest BCUT2D eigenvalue weighted by Gasteiger charge is -2.16. The number of carbonyl (C=O) groups is 4. The minimum atomic E-state index is -0.462. The van der Waals surface area contributed by atoms with E-state index >= 15 is 0 Å². The third-order valence-corrected chi connectivity index (χ3v) is 8.63. The van der Waals surface area contributed by atoms with Crippen molar-refractivity contribution in [3.05, 3.63) is 105 Å². The van der Waals surface area contributed by atoms with Gasteiger partial charge in [-0.25, -0.2) is 0 Å². The van der Waals surface area contributed by atoms with Gasteiger partial charge in [0.2, 0.25) is 0 Å². The van der Waals surface area contributed by atoms with Gasteiger partial charge in [-0.2, -0.15) is 0 Å². The number of carbonyl (C=O) groups excluding carboxylic acids is 4. The maximum Gasteiger partial charge on any atom is 0.271 e. The fourth-order valence-corrected chi connectivity index (χ4v) is 5.33. The second-order valence-electron chi connectivity index (χ2n) is 12.6. The van der Waals surface area contributed by atoms with Crippen molar-refractivity contribution in [3.8, 4) is 11.5 Å². The van der Waals surface area contributed by atoms with Gasteiger partial charge in [-0.15, -0.1) is 0 Å². The standard InChI is InChI=1S/C37H43ClN6O6/c1-20-6-8-24(9-7-20)22(3)49-30-18-28(43-32(30)36(47)39-5)34(45)41-21(2)16-17-40-37(48)33-31(19-29(44-33)35(46)42-27-14-15-27)50-23(4)25-10-12-26(38)13-11-25/h6-13,18-19,21-23,27,43-44H,14-17H2,1-5H3,(H,39,47)(H,40,48)(H,41,45)(H,42,46). The Morgan fingerprint density at radius 2 is 1.30 bits per heavy atom. The zero-order chi connectivity index (χ0) is 35.9. The lowest BCUT2D eigenvalue weighted by molar-refractivity contribution is 0.0928. The van der Waals surface area contributed by atoms with Gasteiger partial charge >= 0.3 is 0 Å². The van der Waals surface area contributed by atoms with Crippen molar-refractivity contribution in [1.82, 2.24) is 31.2 Å². The molecule has 50 heavy (non-hydrogen) atoms. The van der Waals surface area contributed by atoms with Crippen LogP contribution in [0.15, 0.2) is 60.7 Å². The van der Waals surface area contributed by atoms with Crippen LogP contribution in [0.5, 0.6) is 11.5 Å². The Labute approximate surface area is 296 Å². The molecule has 3 unspecified atom stereocenters. The van der Waals surface area contributed by atoms with E-state index in [-0.39, 0.29) is 64.9 Å². The SMILES string of the molecule is CNC(=O)c1[nH]c(C(=O)NC(C)CCNC(=O)c2[nH]c(C(=O)NC3CC3)cc2OC(C)c2ccc(Cl)cc2)cc1OC(C)c1ccc(C)cc1. The first-order valence-electron chi connectivity index (χ1n) is 16.6. The highest BCUT2D eigenvalue weighted by atomic mass is 35.5. The van der Waals surface area contributed by atoms with E-state index in [0.29, 0.717) is 11.4 Å². The molecule has 1 aliphatic rings. The first-order valence-corrected chi connectivity index (χ1v) is 17.0. The van der Waals surface area contributed by atoms with E-state index < -0.39 is 23.8 Å². The molecule has 0 radical (unpaired) electrons. The Kier molecular flexibility index (Phi) is 11.5. The fraction of sp³-hybridized carbons (Fsp3) is 0.351. The summed E-state index contributed by atoms with van der Waals surface area (Å²) in [6, 6.07) is 17.9. The minimum Gasteiger partial charge on any atom is -0.484 e. The Bertz CT molecular complexity index is 1830. The monoisotopic (exact) mass is 702 g/mol. The molecule has 0 spiro atoms. The van der Waals surface area contributed by atoms with Crippen molar-refractivity contribution in [1.29, 1.82) is 0 Å². The Balaban J connectivity index is 1.20. The summed E-state index contributed by atoms with van der Waals surface area (Å²) < 4.78 is 12.3. The number of amides is 4. The van der Waals surface area contributed by atoms with Gasteiger partial charge in [0.15, 0.2) is 11.5 Å². The van der Waals surface area contributed by atoms with E-state index in [2.05, 4.69) is 31.2 Å². The average molecular weight is 703 g/mol. The number of H-pyrrole nitrogens is 2. The Morgan fingerprint density at radius 1 is 0.780 bits per heavy atom. The maximum absolute atomic E-state index is 13.3. The first kappa shape index (κ1) is 36.1. The summed E-state index contributed by atoms with van der Waals surface area (Å²) in [6.45, 7) is 7.73. The second-order valence-corrected chi connectivity index (χ2v) is 13.0. The van der Waals surface area contributed by atoms with Crippen LogP contribution < -0.4 is 30.7 Å². The molecule has 3 atom stereocenters. The predicted octanol–water partition coefficient (Wildman–Crippen LogP) is 5.77. The molecule has 2 heterocycles. The Hall–Kier alpha value is -5.23. The molecule has 0 saturated heterocycles. The third kappa shape index (κ3) is 9.26. The molecule has 4 aromatic rings. The van der Waals surface area contributed by atoms with Gasteiger partial charge in [-0.05, 0) is 70.2 Å². The molecule has 5 rings (SSSR count). The maximum atomic E-state index is 13.3. The summed E-state index contributed by atoms with van der Waals surface area (Å²) >= 11 is 6.03. The van der Waals surface area contributed by atoms with Gasteiger partial charge in [0.05, 0.1) is 0 Å². The molecule has 13 heteroatoms. The molecule has 0 bridgehead atoms. The normalized spacial score (nSPS) is 14.2. The number of aromatic nitrogens is 2. The molecule has 6 N–H and O–H groups in total. The topological polar surface area (TPSA) is 166 Å². The zero-order valence-electron chi connectivity index (χ0n) is 28.7. The average Bonchev–Trinajstić information content (AvgIpc) is 3.64. The van der Waals surface area contributed by atoms with Gasteiger partial charge < -0.3 is 40.7 Å². The number of halogens is 1. The number of ether oxygens (including phenoxy) is 2. The molecule has 4 amide bonds. The largest absolute Gasteiger partial charge is 0.484 e. The molecule has 264 valence electrons. The van der Waals surface area contributed by atoms with Crippen molar-refractivity contribution in [2.24, 2.45) is 0 Å². The summed E-state index contributed by atoms with van der Waals surface area (Å²) in [7, 11) is 1.50. The van der Waals surface area contributed by atoms with E-state index in [1.807, 2.05) is 57.2 Å². The van der Waals surface area contributed by atoms with Crippen molar-refractivity contribution in [2.75, 3.05) is 13.6 Å². The highest BCUT2D eigenvalue weighted by molar-refractivity contribution is 6.30. The van der Waals surface area contributed by atoms with Gasteiger partial charge in [-0.1, -0.05) is 53.6 Å². The number of aryl methyl sites for hydroxylation is 1. The van der Waals surface area contributed by atoms with Crippen LogP contribution in [0, 0.1) is 6.92 Å². The molecular weight excluding hydrogens is 660 g/mol. The zero-order valence-corrected chi connectivity index (χ0v) is 29.5. The number of benzene rings is 2. The van der Waals surface area contributed by atoms with Crippen LogP contribution in [0.25, 0.3) is 0 Å². The predicted molar refractivity (Wildman–Crippen MR) is 190 cm³/mol. The van der Waals surface area contributed by atoms with Crippen molar-refractivity contribution < 1.29 is 28.7 Å². The summed E-state index contributed by atoms with van der Waals surface area (Å²) in [6.07, 6.45) is 1.43. The third-order valence-electron chi connectivity index (χ3n) is 8.38. The summed E-state index contributed by atoms with van der Waals surface area (Å²) in [5, 5.41) is 11.8. The van der Waals surface area contributed by atoms with Crippen LogP contribution >= 0.6 is 11.6 Å². The molecule has 1 fully saturated rings. The molecule has 2 aromatic heterocycles. The van der Waals surface area contributed by atoms with Gasteiger partial charge in [0, 0.05) is 42.8 Å².